The largest absolute Gasteiger partial charge is 0.457 e. The topological polar surface area (TPSA) is 139 Å². The summed E-state index contributed by atoms with van der Waals surface area (Å²) in [5.74, 6) is 0.375. The number of hydrogen-bond donors (Lipinski definition) is 4. The van der Waals surface area contributed by atoms with Crippen LogP contribution in [0.2, 0.25) is 0 Å². The average molecular weight is 552 g/mol. The van der Waals surface area contributed by atoms with Crippen LogP contribution in [0.25, 0.3) is 0 Å². The Morgan fingerprint density at radius 2 is 1.68 bits per heavy atom. The van der Waals surface area contributed by atoms with Crippen LogP contribution in [0.5, 0.6) is 11.5 Å². The zero-order valence-electron chi connectivity index (χ0n) is 20.2. The summed E-state index contributed by atoms with van der Waals surface area (Å²) >= 11 is 0. The third-order valence-corrected chi connectivity index (χ3v) is 5.71. The Hall–Kier alpha value is -4.17. The molecule has 0 saturated heterocycles. The van der Waals surface area contributed by atoms with Gasteiger partial charge in [-0.05, 0) is 54.4 Å². The molecule has 14 heteroatoms. The Kier molecular flexibility index (Phi) is 8.91. The van der Waals surface area contributed by atoms with E-state index in [0.717, 1.165) is 18.4 Å². The van der Waals surface area contributed by atoms with Crippen molar-refractivity contribution in [3.8, 4) is 11.5 Å². The fraction of sp³-hybridized carbons (Fsp3) is 0.208. The zero-order chi connectivity index (χ0) is 27.9. The molecule has 3 aromatic rings. The number of halogens is 3. The van der Waals surface area contributed by atoms with Crippen LogP contribution < -0.4 is 25.4 Å². The summed E-state index contributed by atoms with van der Waals surface area (Å²) < 4.78 is 70.1. The number of anilines is 2. The van der Waals surface area contributed by atoms with E-state index in [2.05, 4.69) is 25.7 Å². The second-order valence-corrected chi connectivity index (χ2v) is 9.78. The SMILES string of the molecule is CNC(=O)c1cc(Oc2ccc(NC(=O)Nc3cc(C(F)(F)F)ccc3CCNS(C)(=O)=O)cc2)ccn1. The van der Waals surface area contributed by atoms with Gasteiger partial charge in [0.25, 0.3) is 5.91 Å². The van der Waals surface area contributed by atoms with Gasteiger partial charge in [-0.25, -0.2) is 17.9 Å². The van der Waals surface area contributed by atoms with E-state index in [4.69, 9.17) is 4.74 Å². The van der Waals surface area contributed by atoms with Gasteiger partial charge in [-0.1, -0.05) is 6.07 Å². The Morgan fingerprint density at radius 3 is 2.32 bits per heavy atom. The van der Waals surface area contributed by atoms with Crippen LogP contribution in [0.15, 0.2) is 60.8 Å². The molecular weight excluding hydrogens is 527 g/mol. The summed E-state index contributed by atoms with van der Waals surface area (Å²) in [6.45, 7) is -0.0654. The Labute approximate surface area is 216 Å². The molecule has 0 aliphatic heterocycles. The molecule has 0 spiro atoms. The molecule has 3 rings (SSSR count). The van der Waals surface area contributed by atoms with Crippen LogP contribution in [0, 0.1) is 0 Å². The van der Waals surface area contributed by atoms with Crippen LogP contribution in [-0.2, 0) is 22.6 Å². The molecule has 1 aromatic heterocycles. The zero-order valence-corrected chi connectivity index (χ0v) is 21.0. The number of alkyl halides is 3. The van der Waals surface area contributed by atoms with Gasteiger partial charge in [0.15, 0.2) is 0 Å². The predicted octanol–water partition coefficient (Wildman–Crippen LogP) is 3.99. The van der Waals surface area contributed by atoms with Crippen molar-refractivity contribution in [3.05, 3.63) is 77.6 Å². The van der Waals surface area contributed by atoms with Gasteiger partial charge in [-0.3, -0.25) is 9.78 Å². The Bertz CT molecular complexity index is 1410. The second-order valence-electron chi connectivity index (χ2n) is 7.95. The van der Waals surface area contributed by atoms with Crippen LogP contribution in [0.1, 0.15) is 21.6 Å². The van der Waals surface area contributed by atoms with E-state index >= 15 is 0 Å². The van der Waals surface area contributed by atoms with E-state index in [-0.39, 0.29) is 30.3 Å². The molecular formula is C24H24F3N5O5S. The van der Waals surface area contributed by atoms with Gasteiger partial charge in [0.2, 0.25) is 10.0 Å². The van der Waals surface area contributed by atoms with E-state index in [0.29, 0.717) is 22.7 Å². The Balaban J connectivity index is 1.68. The van der Waals surface area contributed by atoms with E-state index in [1.54, 1.807) is 18.2 Å². The number of carbonyl (C=O) groups is 2. The highest BCUT2D eigenvalue weighted by atomic mass is 32.2. The fourth-order valence-electron chi connectivity index (χ4n) is 3.21. The summed E-state index contributed by atoms with van der Waals surface area (Å²) in [6, 6.07) is 11.2. The molecule has 0 unspecified atom stereocenters. The lowest BCUT2D eigenvalue weighted by atomic mass is 10.1. The van der Waals surface area contributed by atoms with Crippen LogP contribution in [0.3, 0.4) is 0 Å². The van der Waals surface area contributed by atoms with Gasteiger partial charge >= 0.3 is 12.2 Å². The molecule has 3 amide bonds. The van der Waals surface area contributed by atoms with E-state index < -0.39 is 27.8 Å². The lowest BCUT2D eigenvalue weighted by molar-refractivity contribution is -0.137. The first-order chi connectivity index (χ1) is 17.8. The standard InChI is InChI=1S/C24H24F3N5O5S/c1-28-22(33)21-14-19(10-11-29-21)37-18-7-5-17(6-8-18)31-23(34)32-20-13-16(24(25,26)27)4-3-15(20)9-12-30-38(2,35)36/h3-8,10-11,13-14,30H,9,12H2,1-2H3,(H,28,33)(H2,31,32,34). The van der Waals surface area contributed by atoms with Gasteiger partial charge in [0.1, 0.15) is 17.2 Å². The van der Waals surface area contributed by atoms with E-state index in [1.807, 2.05) is 0 Å². The minimum absolute atomic E-state index is 0.0451. The normalized spacial score (nSPS) is 11.5. The second kappa shape index (κ2) is 11.9. The maximum absolute atomic E-state index is 13.2. The number of carbonyl (C=O) groups excluding carboxylic acids is 2. The summed E-state index contributed by atoms with van der Waals surface area (Å²) in [5.41, 5.74) is -0.285. The van der Waals surface area contributed by atoms with Crippen molar-refractivity contribution < 1.29 is 35.9 Å². The third kappa shape index (κ3) is 8.45. The van der Waals surface area contributed by atoms with Gasteiger partial charge in [0.05, 0.1) is 11.8 Å². The average Bonchev–Trinajstić information content (AvgIpc) is 2.84. The van der Waals surface area contributed by atoms with Gasteiger partial charge in [-0.2, -0.15) is 13.2 Å². The molecule has 10 nitrogen and oxygen atoms in total. The van der Waals surface area contributed by atoms with Crippen molar-refractivity contribution in [3.63, 3.8) is 0 Å². The molecule has 202 valence electrons. The fourth-order valence-corrected chi connectivity index (χ4v) is 3.69. The molecule has 0 bridgehead atoms. The molecule has 0 aliphatic rings. The number of nitrogens with zero attached hydrogens (tertiary/aromatic N) is 1. The summed E-state index contributed by atoms with van der Waals surface area (Å²) in [6.07, 6.45) is -2.22. The number of benzene rings is 2. The highest BCUT2D eigenvalue weighted by molar-refractivity contribution is 7.88. The number of sulfonamides is 1. The smallest absolute Gasteiger partial charge is 0.416 e. The van der Waals surface area contributed by atoms with Gasteiger partial charge in [0, 0.05) is 37.2 Å². The monoisotopic (exact) mass is 551 g/mol. The summed E-state index contributed by atoms with van der Waals surface area (Å²) in [4.78, 5) is 28.2. The van der Waals surface area contributed by atoms with Crippen LogP contribution in [0.4, 0.5) is 29.3 Å². The van der Waals surface area contributed by atoms with E-state index in [1.165, 1.54) is 37.5 Å². The van der Waals surface area contributed by atoms with E-state index in [9.17, 15) is 31.2 Å². The number of urea groups is 1. The lowest BCUT2D eigenvalue weighted by Crippen LogP contribution is -2.25. The molecule has 2 aromatic carbocycles. The third-order valence-electron chi connectivity index (χ3n) is 4.98. The molecule has 0 saturated carbocycles. The molecule has 38 heavy (non-hydrogen) atoms. The first-order valence-electron chi connectivity index (χ1n) is 11.0. The number of hydrogen-bond acceptors (Lipinski definition) is 6. The first kappa shape index (κ1) is 28.4. The summed E-state index contributed by atoms with van der Waals surface area (Å²) in [7, 11) is -2.02. The number of nitrogens with one attached hydrogen (secondary N) is 4. The molecule has 0 aliphatic carbocycles. The van der Waals surface area contributed by atoms with Gasteiger partial charge in [-0.15, -0.1) is 0 Å². The number of amides is 3. The number of pyridine rings is 1. The van der Waals surface area contributed by atoms with Crippen molar-refractivity contribution in [1.82, 2.24) is 15.0 Å². The Morgan fingerprint density at radius 1 is 0.974 bits per heavy atom. The molecule has 4 N–H and O–H groups in total. The van der Waals surface area contributed by atoms with Crippen molar-refractivity contribution >= 4 is 33.3 Å². The van der Waals surface area contributed by atoms with Crippen molar-refractivity contribution in [2.45, 2.75) is 12.6 Å². The highest BCUT2D eigenvalue weighted by Gasteiger charge is 2.31. The van der Waals surface area contributed by atoms with Crippen molar-refractivity contribution in [1.29, 1.82) is 0 Å². The number of aromatic nitrogens is 1. The first-order valence-corrected chi connectivity index (χ1v) is 12.9. The molecule has 1 heterocycles. The molecule has 0 atom stereocenters. The van der Waals surface area contributed by atoms with Crippen LogP contribution >= 0.6 is 0 Å². The minimum Gasteiger partial charge on any atom is -0.457 e. The number of ether oxygens (including phenoxy) is 1. The number of rotatable bonds is 9. The maximum Gasteiger partial charge on any atom is 0.416 e. The van der Waals surface area contributed by atoms with Crippen LogP contribution in [-0.4, -0.2) is 45.2 Å². The van der Waals surface area contributed by atoms with Gasteiger partial charge < -0.3 is 20.7 Å². The maximum atomic E-state index is 13.2. The lowest BCUT2D eigenvalue weighted by Gasteiger charge is -2.15. The quantitative estimate of drug-likeness (QED) is 0.317. The van der Waals surface area contributed by atoms with Crippen molar-refractivity contribution in [2.75, 3.05) is 30.5 Å². The predicted molar refractivity (Wildman–Crippen MR) is 135 cm³/mol. The minimum atomic E-state index is -4.64. The highest BCUT2D eigenvalue weighted by Crippen LogP contribution is 2.32. The van der Waals surface area contributed by atoms with Crippen molar-refractivity contribution in [2.24, 2.45) is 0 Å². The molecule has 0 radical (unpaired) electrons. The summed E-state index contributed by atoms with van der Waals surface area (Å²) in [5, 5.41) is 7.37. The molecule has 0 fully saturated rings.